The molecule has 176 valence electrons. The topological polar surface area (TPSA) is 26.0 Å². The fourth-order valence-corrected chi connectivity index (χ4v) is 5.19. The first-order chi connectivity index (χ1) is 18.3. The van der Waals surface area contributed by atoms with Crippen molar-refractivity contribution in [3.8, 4) is 44.5 Å². The summed E-state index contributed by atoms with van der Waals surface area (Å²) in [6.45, 7) is 0. The van der Waals surface area contributed by atoms with Crippen LogP contribution in [0.3, 0.4) is 0 Å². The number of benzene rings is 5. The SMILES string of the molecule is N\C1=C/C=C\C=C\c2ccccc2-c2ccccc2-c2ccccc2-c2ccccc2-c2ccccc21. The van der Waals surface area contributed by atoms with Crippen molar-refractivity contribution < 1.29 is 0 Å². The zero-order chi connectivity index (χ0) is 25.0. The summed E-state index contributed by atoms with van der Waals surface area (Å²) in [7, 11) is 0. The van der Waals surface area contributed by atoms with Gasteiger partial charge in [-0.2, -0.15) is 0 Å². The van der Waals surface area contributed by atoms with E-state index in [2.05, 4.69) is 127 Å². The lowest BCUT2D eigenvalue weighted by Gasteiger charge is -2.19. The van der Waals surface area contributed by atoms with E-state index < -0.39 is 0 Å². The largest absolute Gasteiger partial charge is 0.398 e. The summed E-state index contributed by atoms with van der Waals surface area (Å²) in [5.41, 5.74) is 19.1. The summed E-state index contributed by atoms with van der Waals surface area (Å²) < 4.78 is 0. The average molecular weight is 474 g/mol. The van der Waals surface area contributed by atoms with Gasteiger partial charge in [-0.05, 0) is 56.1 Å². The lowest BCUT2D eigenvalue weighted by molar-refractivity contribution is 1.49. The van der Waals surface area contributed by atoms with Crippen LogP contribution in [0.4, 0.5) is 0 Å². The Kier molecular flexibility index (Phi) is 6.10. The molecule has 0 heterocycles. The quantitative estimate of drug-likeness (QED) is 0.238. The van der Waals surface area contributed by atoms with Gasteiger partial charge in [-0.3, -0.25) is 0 Å². The van der Waals surface area contributed by atoms with Crippen molar-refractivity contribution in [2.75, 3.05) is 0 Å². The molecule has 6 rings (SSSR count). The zero-order valence-electron chi connectivity index (χ0n) is 20.5. The van der Waals surface area contributed by atoms with Crippen LogP contribution in [0.2, 0.25) is 0 Å². The van der Waals surface area contributed by atoms with Crippen LogP contribution < -0.4 is 5.73 Å². The van der Waals surface area contributed by atoms with Crippen molar-refractivity contribution in [1.29, 1.82) is 0 Å². The minimum atomic E-state index is 0.737. The molecule has 0 bridgehead atoms. The molecule has 0 saturated heterocycles. The molecule has 0 spiro atoms. The summed E-state index contributed by atoms with van der Waals surface area (Å²) in [5.74, 6) is 0. The first-order valence-electron chi connectivity index (χ1n) is 12.6. The predicted octanol–water partition coefficient (Wildman–Crippen LogP) is 9.24. The Bertz CT molecular complexity index is 1680. The molecule has 1 heteroatoms. The molecule has 0 radical (unpaired) electrons. The summed E-state index contributed by atoms with van der Waals surface area (Å²) in [6, 6.07) is 43.0. The molecular formula is C36H27N. The van der Waals surface area contributed by atoms with Crippen molar-refractivity contribution in [2.24, 2.45) is 5.73 Å². The van der Waals surface area contributed by atoms with E-state index in [-0.39, 0.29) is 0 Å². The number of allylic oxidation sites excluding steroid dienone is 4. The second-order valence-corrected chi connectivity index (χ2v) is 9.14. The van der Waals surface area contributed by atoms with Gasteiger partial charge in [0.2, 0.25) is 0 Å². The monoisotopic (exact) mass is 473 g/mol. The van der Waals surface area contributed by atoms with Gasteiger partial charge in [0, 0.05) is 11.3 Å². The van der Waals surface area contributed by atoms with Crippen molar-refractivity contribution >= 4 is 11.8 Å². The normalized spacial score (nSPS) is 15.5. The van der Waals surface area contributed by atoms with Gasteiger partial charge >= 0.3 is 0 Å². The van der Waals surface area contributed by atoms with Gasteiger partial charge in [-0.1, -0.05) is 146 Å². The van der Waals surface area contributed by atoms with E-state index >= 15 is 0 Å². The van der Waals surface area contributed by atoms with E-state index in [0.717, 1.165) is 22.4 Å². The number of hydrogen-bond donors (Lipinski definition) is 1. The maximum absolute atomic E-state index is 6.63. The molecule has 0 amide bonds. The van der Waals surface area contributed by atoms with Gasteiger partial charge in [0.1, 0.15) is 0 Å². The summed E-state index contributed by atoms with van der Waals surface area (Å²) in [6.07, 6.45) is 10.3. The lowest BCUT2D eigenvalue weighted by atomic mass is 9.85. The Hall–Kier alpha value is -4.88. The third-order valence-corrected chi connectivity index (χ3v) is 6.91. The third-order valence-electron chi connectivity index (χ3n) is 6.91. The molecule has 5 aromatic carbocycles. The molecule has 2 N–H and O–H groups in total. The molecule has 1 nitrogen and oxygen atoms in total. The Balaban J connectivity index is 1.71. The first-order valence-corrected chi connectivity index (χ1v) is 12.6. The first kappa shape index (κ1) is 22.6. The van der Waals surface area contributed by atoms with Crippen molar-refractivity contribution in [3.05, 3.63) is 157 Å². The van der Waals surface area contributed by atoms with E-state index in [1.807, 2.05) is 24.3 Å². The molecule has 5 aromatic rings. The maximum atomic E-state index is 6.63. The van der Waals surface area contributed by atoms with E-state index in [1.165, 1.54) is 38.9 Å². The minimum Gasteiger partial charge on any atom is -0.398 e. The summed E-state index contributed by atoms with van der Waals surface area (Å²) in [4.78, 5) is 0. The number of nitrogens with two attached hydrogens (primary N) is 1. The van der Waals surface area contributed by atoms with Crippen LogP contribution in [0.5, 0.6) is 0 Å². The summed E-state index contributed by atoms with van der Waals surface area (Å²) >= 11 is 0. The van der Waals surface area contributed by atoms with Gasteiger partial charge in [-0.25, -0.2) is 0 Å². The van der Waals surface area contributed by atoms with Crippen LogP contribution in [-0.2, 0) is 0 Å². The summed E-state index contributed by atoms with van der Waals surface area (Å²) in [5, 5.41) is 0. The second-order valence-electron chi connectivity index (χ2n) is 9.14. The van der Waals surface area contributed by atoms with E-state index in [1.54, 1.807) is 0 Å². The highest BCUT2D eigenvalue weighted by atomic mass is 14.6. The molecule has 0 aromatic heterocycles. The van der Waals surface area contributed by atoms with Crippen LogP contribution in [0.15, 0.2) is 146 Å². The fraction of sp³-hybridized carbons (Fsp3) is 0. The highest BCUT2D eigenvalue weighted by Gasteiger charge is 2.17. The maximum Gasteiger partial charge on any atom is 0.0393 e. The molecule has 1 aliphatic carbocycles. The molecule has 0 unspecified atom stereocenters. The highest BCUT2D eigenvalue weighted by Crippen LogP contribution is 2.43. The Labute approximate surface area is 218 Å². The van der Waals surface area contributed by atoms with Crippen LogP contribution in [-0.4, -0.2) is 0 Å². The molecule has 1 aliphatic rings. The van der Waals surface area contributed by atoms with Gasteiger partial charge in [0.15, 0.2) is 0 Å². The number of fused-ring (bicyclic) bond motifs is 9. The predicted molar refractivity (Wildman–Crippen MR) is 159 cm³/mol. The van der Waals surface area contributed by atoms with Crippen molar-refractivity contribution in [3.63, 3.8) is 0 Å². The van der Waals surface area contributed by atoms with E-state index in [0.29, 0.717) is 0 Å². The van der Waals surface area contributed by atoms with E-state index in [4.69, 9.17) is 5.73 Å². The molecular weight excluding hydrogens is 446 g/mol. The minimum absolute atomic E-state index is 0.737. The van der Waals surface area contributed by atoms with Crippen molar-refractivity contribution in [1.82, 2.24) is 0 Å². The Morgan fingerprint density at radius 1 is 0.324 bits per heavy atom. The molecule has 37 heavy (non-hydrogen) atoms. The number of rotatable bonds is 0. The Morgan fingerprint density at radius 2 is 0.676 bits per heavy atom. The van der Waals surface area contributed by atoms with Crippen LogP contribution >= 0.6 is 0 Å². The van der Waals surface area contributed by atoms with Crippen LogP contribution in [0.1, 0.15) is 11.1 Å². The zero-order valence-corrected chi connectivity index (χ0v) is 20.5. The molecule has 0 aliphatic heterocycles. The third kappa shape index (κ3) is 4.32. The van der Waals surface area contributed by atoms with Gasteiger partial charge in [0.05, 0.1) is 0 Å². The van der Waals surface area contributed by atoms with E-state index in [9.17, 15) is 0 Å². The lowest BCUT2D eigenvalue weighted by Crippen LogP contribution is -1.99. The van der Waals surface area contributed by atoms with Gasteiger partial charge < -0.3 is 5.73 Å². The molecule has 0 fully saturated rings. The molecule has 0 saturated carbocycles. The van der Waals surface area contributed by atoms with Crippen LogP contribution in [0, 0.1) is 0 Å². The highest BCUT2D eigenvalue weighted by molar-refractivity contribution is 5.98. The molecule has 0 atom stereocenters. The fourth-order valence-electron chi connectivity index (χ4n) is 5.19. The van der Waals surface area contributed by atoms with Gasteiger partial charge in [0.25, 0.3) is 0 Å². The smallest absolute Gasteiger partial charge is 0.0393 e. The number of hydrogen-bond acceptors (Lipinski definition) is 1. The van der Waals surface area contributed by atoms with Gasteiger partial charge in [-0.15, -0.1) is 0 Å². The standard InChI is InChI=1S/C36H27N/c37-36-25-3-1-2-14-26-15-4-5-16-27(26)28-17-6-7-18-29(28)30-19-8-9-20-31(30)32-21-10-11-22-33(32)34-23-12-13-24-35(34)36/h1-25H,37H2/b2-1?,3-1-,14-2+,25-3?,26-14?,28-27?,30-29?,32-31?,34-33?,36-25-,36-35?. The average Bonchev–Trinajstić information content (AvgIpc) is 2.97. The second kappa shape index (κ2) is 10.0. The Morgan fingerprint density at radius 3 is 1.16 bits per heavy atom. The van der Waals surface area contributed by atoms with Crippen LogP contribution in [0.25, 0.3) is 56.3 Å². The van der Waals surface area contributed by atoms with Crippen molar-refractivity contribution in [2.45, 2.75) is 0 Å².